The van der Waals surface area contributed by atoms with Gasteiger partial charge in [-0.15, -0.1) is 5.10 Å². The van der Waals surface area contributed by atoms with Gasteiger partial charge in [0.2, 0.25) is 0 Å². The SMILES string of the molecule is NCCCc1cn(-c2ccc(Br)c(I)c2)nn1. The number of nitrogens with zero attached hydrogens (tertiary/aromatic N) is 3. The highest BCUT2D eigenvalue weighted by molar-refractivity contribution is 14.1. The van der Waals surface area contributed by atoms with Gasteiger partial charge in [0, 0.05) is 8.04 Å². The molecule has 0 aliphatic rings. The number of hydrogen-bond acceptors (Lipinski definition) is 3. The number of rotatable bonds is 4. The number of benzene rings is 1. The molecule has 2 rings (SSSR count). The fraction of sp³-hybridized carbons (Fsp3) is 0.273. The number of aryl methyl sites for hydroxylation is 1. The summed E-state index contributed by atoms with van der Waals surface area (Å²) in [5, 5.41) is 8.24. The van der Waals surface area contributed by atoms with Gasteiger partial charge in [-0.2, -0.15) is 0 Å². The molecule has 0 aliphatic carbocycles. The van der Waals surface area contributed by atoms with Crippen molar-refractivity contribution >= 4 is 38.5 Å². The molecule has 0 unspecified atom stereocenters. The first-order valence-corrected chi connectivity index (χ1v) is 7.14. The van der Waals surface area contributed by atoms with Crippen molar-refractivity contribution in [2.45, 2.75) is 12.8 Å². The Labute approximate surface area is 122 Å². The third-order valence-corrected chi connectivity index (χ3v) is 4.67. The average molecular weight is 407 g/mol. The van der Waals surface area contributed by atoms with Crippen LogP contribution >= 0.6 is 38.5 Å². The minimum atomic E-state index is 0.684. The third-order valence-electron chi connectivity index (χ3n) is 2.35. The lowest BCUT2D eigenvalue weighted by molar-refractivity contribution is 0.778. The molecule has 1 aromatic carbocycles. The van der Waals surface area contributed by atoms with Crippen molar-refractivity contribution in [1.29, 1.82) is 0 Å². The maximum absolute atomic E-state index is 5.47. The van der Waals surface area contributed by atoms with E-state index in [1.54, 1.807) is 4.68 Å². The minimum Gasteiger partial charge on any atom is -0.330 e. The van der Waals surface area contributed by atoms with Gasteiger partial charge in [0.1, 0.15) is 0 Å². The van der Waals surface area contributed by atoms with Crippen LogP contribution in [0.25, 0.3) is 5.69 Å². The molecule has 0 radical (unpaired) electrons. The smallest absolute Gasteiger partial charge is 0.0832 e. The first-order valence-electron chi connectivity index (χ1n) is 5.27. The molecule has 0 aliphatic heterocycles. The zero-order valence-electron chi connectivity index (χ0n) is 9.11. The number of halogens is 2. The van der Waals surface area contributed by atoms with Crippen LogP contribution in [0.2, 0.25) is 0 Å². The van der Waals surface area contributed by atoms with E-state index in [4.69, 9.17) is 5.73 Å². The topological polar surface area (TPSA) is 56.7 Å². The maximum atomic E-state index is 5.47. The highest BCUT2D eigenvalue weighted by Crippen LogP contribution is 2.21. The summed E-state index contributed by atoms with van der Waals surface area (Å²) in [5.74, 6) is 0. The monoisotopic (exact) mass is 406 g/mol. The quantitative estimate of drug-likeness (QED) is 0.793. The highest BCUT2D eigenvalue weighted by Gasteiger charge is 2.04. The minimum absolute atomic E-state index is 0.684. The average Bonchev–Trinajstić information content (AvgIpc) is 2.79. The van der Waals surface area contributed by atoms with Gasteiger partial charge in [-0.3, -0.25) is 0 Å². The largest absolute Gasteiger partial charge is 0.330 e. The Morgan fingerprint density at radius 1 is 1.41 bits per heavy atom. The molecule has 0 amide bonds. The summed E-state index contributed by atoms with van der Waals surface area (Å²) in [7, 11) is 0. The first-order chi connectivity index (χ1) is 8.20. The molecule has 6 heteroatoms. The number of hydrogen-bond donors (Lipinski definition) is 1. The fourth-order valence-corrected chi connectivity index (χ4v) is 2.20. The summed E-state index contributed by atoms with van der Waals surface area (Å²) in [5.41, 5.74) is 7.47. The Balaban J connectivity index is 2.21. The lowest BCUT2D eigenvalue weighted by Crippen LogP contribution is -2.00. The van der Waals surface area contributed by atoms with Crippen LogP contribution in [0.3, 0.4) is 0 Å². The van der Waals surface area contributed by atoms with Crippen LogP contribution in [-0.4, -0.2) is 21.5 Å². The summed E-state index contributed by atoms with van der Waals surface area (Å²) in [4.78, 5) is 0. The van der Waals surface area contributed by atoms with Gasteiger partial charge in [0.05, 0.1) is 17.6 Å². The molecule has 1 aromatic heterocycles. The van der Waals surface area contributed by atoms with Crippen molar-refractivity contribution in [3.8, 4) is 5.69 Å². The van der Waals surface area contributed by atoms with Crippen molar-refractivity contribution in [1.82, 2.24) is 15.0 Å². The van der Waals surface area contributed by atoms with E-state index in [-0.39, 0.29) is 0 Å². The van der Waals surface area contributed by atoms with Gasteiger partial charge in [-0.1, -0.05) is 5.21 Å². The van der Waals surface area contributed by atoms with Crippen LogP contribution in [0.5, 0.6) is 0 Å². The Bertz CT molecular complexity index is 512. The number of nitrogens with two attached hydrogens (primary N) is 1. The fourth-order valence-electron chi connectivity index (χ4n) is 1.45. The van der Waals surface area contributed by atoms with Gasteiger partial charge >= 0.3 is 0 Å². The molecular weight excluding hydrogens is 395 g/mol. The second kappa shape index (κ2) is 5.92. The maximum Gasteiger partial charge on any atom is 0.0832 e. The molecule has 0 atom stereocenters. The van der Waals surface area contributed by atoms with E-state index in [9.17, 15) is 0 Å². The van der Waals surface area contributed by atoms with E-state index < -0.39 is 0 Å². The van der Waals surface area contributed by atoms with Crippen LogP contribution in [0.1, 0.15) is 12.1 Å². The van der Waals surface area contributed by atoms with E-state index in [0.29, 0.717) is 6.54 Å². The standard InChI is InChI=1S/C11H12BrIN4/c12-10-4-3-9(6-11(10)13)17-7-8(15-16-17)2-1-5-14/h3-4,6-7H,1-2,5,14H2. The molecule has 0 saturated carbocycles. The number of aromatic nitrogens is 3. The van der Waals surface area contributed by atoms with E-state index in [2.05, 4.69) is 54.9 Å². The summed E-state index contributed by atoms with van der Waals surface area (Å²) >= 11 is 5.76. The summed E-state index contributed by atoms with van der Waals surface area (Å²) in [6.07, 6.45) is 3.77. The summed E-state index contributed by atoms with van der Waals surface area (Å²) in [6.45, 7) is 0.684. The van der Waals surface area contributed by atoms with Crippen molar-refractivity contribution in [2.24, 2.45) is 5.73 Å². The van der Waals surface area contributed by atoms with Crippen LogP contribution in [0.15, 0.2) is 28.9 Å². The molecule has 0 fully saturated rings. The Kier molecular flexibility index (Phi) is 4.52. The first kappa shape index (κ1) is 13.0. The zero-order valence-corrected chi connectivity index (χ0v) is 12.8. The Hall–Kier alpha value is -0.470. The summed E-state index contributed by atoms with van der Waals surface area (Å²) in [6, 6.07) is 6.08. The molecule has 4 nitrogen and oxygen atoms in total. The van der Waals surface area contributed by atoms with Gasteiger partial charge in [0.15, 0.2) is 0 Å². The third kappa shape index (κ3) is 3.26. The lowest BCUT2D eigenvalue weighted by atomic mass is 10.2. The van der Waals surface area contributed by atoms with Crippen molar-refractivity contribution < 1.29 is 0 Å². The van der Waals surface area contributed by atoms with Gasteiger partial charge in [-0.05, 0) is 76.1 Å². The van der Waals surface area contributed by atoms with Crippen LogP contribution in [0, 0.1) is 3.57 Å². The molecule has 2 N–H and O–H groups in total. The van der Waals surface area contributed by atoms with Gasteiger partial charge < -0.3 is 5.73 Å². The molecule has 17 heavy (non-hydrogen) atoms. The van der Waals surface area contributed by atoms with E-state index in [1.807, 2.05) is 18.3 Å². The Morgan fingerprint density at radius 2 is 2.24 bits per heavy atom. The van der Waals surface area contributed by atoms with Crippen LogP contribution < -0.4 is 5.73 Å². The van der Waals surface area contributed by atoms with Crippen molar-refractivity contribution in [3.63, 3.8) is 0 Å². The highest BCUT2D eigenvalue weighted by atomic mass is 127. The predicted octanol–water partition coefficient (Wildman–Crippen LogP) is 2.53. The molecule has 0 bridgehead atoms. The van der Waals surface area contributed by atoms with Crippen LogP contribution in [0.4, 0.5) is 0 Å². The van der Waals surface area contributed by atoms with E-state index >= 15 is 0 Å². The molecule has 0 spiro atoms. The zero-order chi connectivity index (χ0) is 12.3. The Morgan fingerprint density at radius 3 is 2.94 bits per heavy atom. The molecule has 0 saturated heterocycles. The normalized spacial score (nSPS) is 10.8. The van der Waals surface area contributed by atoms with Gasteiger partial charge in [-0.25, -0.2) is 4.68 Å². The molecule has 2 aromatic rings. The molecule has 90 valence electrons. The van der Waals surface area contributed by atoms with E-state index in [0.717, 1.165) is 32.3 Å². The van der Waals surface area contributed by atoms with Gasteiger partial charge in [0.25, 0.3) is 0 Å². The lowest BCUT2D eigenvalue weighted by Gasteiger charge is -2.01. The predicted molar refractivity (Wildman–Crippen MR) is 79.2 cm³/mol. The molecular formula is C11H12BrIN4. The van der Waals surface area contributed by atoms with Crippen molar-refractivity contribution in [3.05, 3.63) is 38.1 Å². The molecule has 1 heterocycles. The van der Waals surface area contributed by atoms with Crippen molar-refractivity contribution in [2.75, 3.05) is 6.54 Å². The second-order valence-electron chi connectivity index (χ2n) is 3.65. The van der Waals surface area contributed by atoms with E-state index in [1.165, 1.54) is 0 Å². The second-order valence-corrected chi connectivity index (χ2v) is 5.66. The summed E-state index contributed by atoms with van der Waals surface area (Å²) < 4.78 is 4.03. The van der Waals surface area contributed by atoms with Crippen LogP contribution in [-0.2, 0) is 6.42 Å².